The van der Waals surface area contributed by atoms with Crippen LogP contribution in [0.5, 0.6) is 0 Å². The van der Waals surface area contributed by atoms with E-state index in [0.717, 1.165) is 28.8 Å². The first-order valence-corrected chi connectivity index (χ1v) is 6.14. The van der Waals surface area contributed by atoms with Crippen molar-refractivity contribution in [2.75, 3.05) is 12.3 Å². The molecule has 2 heterocycles. The van der Waals surface area contributed by atoms with Crippen molar-refractivity contribution in [3.8, 4) is 11.4 Å². The zero-order valence-corrected chi connectivity index (χ0v) is 10.6. The minimum atomic E-state index is -0.263. The Labute approximate surface area is 110 Å². The number of nitrogen functional groups attached to an aromatic ring is 1. The van der Waals surface area contributed by atoms with Crippen molar-refractivity contribution in [3.05, 3.63) is 40.8 Å². The largest absolute Gasteiger partial charge is 0.383 e. The highest BCUT2D eigenvalue weighted by Gasteiger charge is 2.18. The highest BCUT2D eigenvalue weighted by molar-refractivity contribution is 5.62. The summed E-state index contributed by atoms with van der Waals surface area (Å²) in [6.45, 7) is 2.94. The molecule has 4 nitrogen and oxygen atoms in total. The van der Waals surface area contributed by atoms with Crippen molar-refractivity contribution in [3.63, 3.8) is 0 Å². The number of benzene rings is 1. The van der Waals surface area contributed by atoms with Gasteiger partial charge in [0.05, 0.1) is 18.9 Å². The van der Waals surface area contributed by atoms with Crippen LogP contribution in [-0.4, -0.2) is 16.6 Å². The van der Waals surface area contributed by atoms with E-state index >= 15 is 0 Å². The molecule has 0 unspecified atom stereocenters. The van der Waals surface area contributed by atoms with Crippen LogP contribution in [0.1, 0.15) is 16.8 Å². The van der Waals surface area contributed by atoms with E-state index in [1.54, 1.807) is 6.07 Å². The lowest BCUT2D eigenvalue weighted by Crippen LogP contribution is -2.16. The summed E-state index contributed by atoms with van der Waals surface area (Å²) in [5.74, 6) is 0.736. The SMILES string of the molecule is Cc1cc(F)ccc1-c1nc(N)c2c(n1)CCOC2. The van der Waals surface area contributed by atoms with Crippen molar-refractivity contribution in [1.82, 2.24) is 9.97 Å². The van der Waals surface area contributed by atoms with E-state index in [-0.39, 0.29) is 5.82 Å². The quantitative estimate of drug-likeness (QED) is 0.853. The molecule has 0 saturated heterocycles. The average Bonchev–Trinajstić information content (AvgIpc) is 2.38. The van der Waals surface area contributed by atoms with Gasteiger partial charge in [-0.05, 0) is 30.7 Å². The van der Waals surface area contributed by atoms with E-state index in [2.05, 4.69) is 9.97 Å². The van der Waals surface area contributed by atoms with Gasteiger partial charge >= 0.3 is 0 Å². The predicted molar refractivity (Wildman–Crippen MR) is 69.9 cm³/mol. The Morgan fingerprint density at radius 3 is 2.95 bits per heavy atom. The van der Waals surface area contributed by atoms with Gasteiger partial charge in [0.25, 0.3) is 0 Å². The maximum atomic E-state index is 13.1. The van der Waals surface area contributed by atoms with Gasteiger partial charge in [-0.3, -0.25) is 0 Å². The number of ether oxygens (including phenoxy) is 1. The third-order valence-electron chi connectivity index (χ3n) is 3.28. The fourth-order valence-corrected chi connectivity index (χ4v) is 2.26. The van der Waals surface area contributed by atoms with E-state index in [9.17, 15) is 4.39 Å². The molecule has 0 radical (unpaired) electrons. The molecule has 1 aromatic carbocycles. The number of hydrogen-bond acceptors (Lipinski definition) is 4. The molecule has 0 bridgehead atoms. The molecule has 19 heavy (non-hydrogen) atoms. The van der Waals surface area contributed by atoms with E-state index in [1.807, 2.05) is 6.92 Å². The molecule has 1 aromatic heterocycles. The Morgan fingerprint density at radius 1 is 1.32 bits per heavy atom. The average molecular weight is 259 g/mol. The standard InChI is InChI=1S/C14H14FN3O/c1-8-6-9(15)2-3-10(8)14-17-12-4-5-19-7-11(12)13(16)18-14/h2-3,6H,4-5,7H2,1H3,(H2,16,17,18). The molecule has 2 N–H and O–H groups in total. The summed E-state index contributed by atoms with van der Waals surface area (Å²) in [6, 6.07) is 4.56. The molecule has 0 fully saturated rings. The Bertz CT molecular complexity index is 643. The molecule has 0 aliphatic carbocycles. The number of fused-ring (bicyclic) bond motifs is 1. The lowest BCUT2D eigenvalue weighted by Gasteiger charge is -2.18. The second-order valence-electron chi connectivity index (χ2n) is 4.62. The number of nitrogens with two attached hydrogens (primary N) is 1. The first kappa shape index (κ1) is 12.0. The number of aromatic nitrogens is 2. The number of aryl methyl sites for hydroxylation is 1. The minimum Gasteiger partial charge on any atom is -0.383 e. The molecule has 0 saturated carbocycles. The number of rotatable bonds is 1. The Morgan fingerprint density at radius 2 is 2.16 bits per heavy atom. The fourth-order valence-electron chi connectivity index (χ4n) is 2.26. The second kappa shape index (κ2) is 4.59. The van der Waals surface area contributed by atoms with Crippen molar-refractivity contribution in [2.45, 2.75) is 20.0 Å². The van der Waals surface area contributed by atoms with Crippen molar-refractivity contribution < 1.29 is 9.13 Å². The van der Waals surface area contributed by atoms with Gasteiger partial charge in [0.15, 0.2) is 5.82 Å². The van der Waals surface area contributed by atoms with Crippen LogP contribution in [0.4, 0.5) is 10.2 Å². The Kier molecular flexibility index (Phi) is 2.91. The molecule has 1 aliphatic heterocycles. The van der Waals surface area contributed by atoms with Crippen LogP contribution in [0.3, 0.4) is 0 Å². The van der Waals surface area contributed by atoms with Gasteiger partial charge in [-0.2, -0.15) is 0 Å². The summed E-state index contributed by atoms with van der Waals surface area (Å²) in [6.07, 6.45) is 0.731. The molecule has 2 aromatic rings. The van der Waals surface area contributed by atoms with E-state index in [4.69, 9.17) is 10.5 Å². The lowest BCUT2D eigenvalue weighted by atomic mass is 10.1. The third-order valence-corrected chi connectivity index (χ3v) is 3.28. The lowest BCUT2D eigenvalue weighted by molar-refractivity contribution is 0.109. The fraction of sp³-hybridized carbons (Fsp3) is 0.286. The molecule has 1 aliphatic rings. The van der Waals surface area contributed by atoms with Crippen LogP contribution in [0.15, 0.2) is 18.2 Å². The second-order valence-corrected chi connectivity index (χ2v) is 4.62. The van der Waals surface area contributed by atoms with E-state index in [0.29, 0.717) is 24.9 Å². The van der Waals surface area contributed by atoms with Gasteiger partial charge in [-0.15, -0.1) is 0 Å². The van der Waals surface area contributed by atoms with Crippen molar-refractivity contribution >= 4 is 5.82 Å². The van der Waals surface area contributed by atoms with E-state index in [1.165, 1.54) is 12.1 Å². The van der Waals surface area contributed by atoms with Crippen molar-refractivity contribution in [1.29, 1.82) is 0 Å². The molecule has 0 atom stereocenters. The normalized spacial score (nSPS) is 14.2. The van der Waals surface area contributed by atoms with Gasteiger partial charge in [0.2, 0.25) is 0 Å². The predicted octanol–water partition coefficient (Wildman–Crippen LogP) is 2.25. The van der Waals surface area contributed by atoms with Gasteiger partial charge in [0, 0.05) is 17.5 Å². The zero-order valence-electron chi connectivity index (χ0n) is 10.6. The molecule has 0 spiro atoms. The van der Waals surface area contributed by atoms with Gasteiger partial charge in [0.1, 0.15) is 11.6 Å². The molecular weight excluding hydrogens is 245 g/mol. The molecule has 5 heteroatoms. The Balaban J connectivity index is 2.13. The van der Waals surface area contributed by atoms with Crippen molar-refractivity contribution in [2.24, 2.45) is 0 Å². The number of anilines is 1. The van der Waals surface area contributed by atoms with Crippen LogP contribution in [-0.2, 0) is 17.8 Å². The minimum absolute atomic E-state index is 0.263. The van der Waals surface area contributed by atoms with Crippen LogP contribution in [0, 0.1) is 12.7 Å². The molecular formula is C14H14FN3O. The summed E-state index contributed by atoms with van der Waals surface area (Å²) in [7, 11) is 0. The first-order valence-electron chi connectivity index (χ1n) is 6.14. The molecule has 0 amide bonds. The number of nitrogens with zero attached hydrogens (tertiary/aromatic N) is 2. The topological polar surface area (TPSA) is 61.0 Å². The summed E-state index contributed by atoms with van der Waals surface area (Å²) < 4.78 is 18.5. The Hall–Kier alpha value is -2.01. The van der Waals surface area contributed by atoms with Crippen LogP contribution in [0.2, 0.25) is 0 Å². The maximum Gasteiger partial charge on any atom is 0.162 e. The van der Waals surface area contributed by atoms with E-state index < -0.39 is 0 Å². The number of halogens is 1. The smallest absolute Gasteiger partial charge is 0.162 e. The van der Waals surface area contributed by atoms with Gasteiger partial charge < -0.3 is 10.5 Å². The summed E-state index contributed by atoms with van der Waals surface area (Å²) in [5.41, 5.74) is 9.36. The molecule has 3 rings (SSSR count). The van der Waals surface area contributed by atoms with Gasteiger partial charge in [-0.1, -0.05) is 0 Å². The summed E-state index contributed by atoms with van der Waals surface area (Å²) >= 11 is 0. The molecule has 98 valence electrons. The zero-order chi connectivity index (χ0) is 13.4. The highest BCUT2D eigenvalue weighted by Crippen LogP contribution is 2.26. The van der Waals surface area contributed by atoms with Crippen LogP contribution < -0.4 is 5.73 Å². The van der Waals surface area contributed by atoms with Gasteiger partial charge in [-0.25, -0.2) is 14.4 Å². The number of hydrogen-bond donors (Lipinski definition) is 1. The van der Waals surface area contributed by atoms with Crippen LogP contribution in [0.25, 0.3) is 11.4 Å². The third kappa shape index (κ3) is 2.17. The maximum absolute atomic E-state index is 13.1. The van der Waals surface area contributed by atoms with Crippen LogP contribution >= 0.6 is 0 Å². The monoisotopic (exact) mass is 259 g/mol. The highest BCUT2D eigenvalue weighted by atomic mass is 19.1. The first-order chi connectivity index (χ1) is 9.15. The summed E-state index contributed by atoms with van der Waals surface area (Å²) in [5, 5.41) is 0. The summed E-state index contributed by atoms with van der Waals surface area (Å²) in [4.78, 5) is 8.85.